The van der Waals surface area contributed by atoms with Gasteiger partial charge >= 0.3 is 0 Å². The molecule has 2 aliphatic heterocycles. The Morgan fingerprint density at radius 2 is 0.839 bits per heavy atom. The highest BCUT2D eigenvalue weighted by Crippen LogP contribution is 2.26. The Balaban J connectivity index is 0.000000300. The Morgan fingerprint density at radius 1 is 0.518 bits per heavy atom. The van der Waals surface area contributed by atoms with Gasteiger partial charge in [0.15, 0.2) is 0 Å². The average Bonchev–Trinajstić information content (AvgIpc) is 3.13. The Kier molecular flexibility index (Phi) is 17.7. The number of nitrogens with one attached hydrogen (secondary N) is 2. The third kappa shape index (κ3) is 12.7. The summed E-state index contributed by atoms with van der Waals surface area (Å²) in [4.78, 5) is 55.8. The molecule has 2 heterocycles. The number of likely N-dealkylation sites (N-methyl/N-ethyl adjacent to an activating group) is 2. The summed E-state index contributed by atoms with van der Waals surface area (Å²) in [5, 5.41) is 6.35. The van der Waals surface area contributed by atoms with Crippen LogP contribution in [0.25, 0.3) is 0 Å². The lowest BCUT2D eigenvalue weighted by Crippen LogP contribution is -2.53. The number of fused-ring (bicyclic) bond motifs is 2. The van der Waals surface area contributed by atoms with E-state index in [0.717, 1.165) is 25.7 Å². The van der Waals surface area contributed by atoms with Crippen LogP contribution in [-0.4, -0.2) is 83.9 Å². The number of ether oxygens (including phenoxy) is 2. The first-order chi connectivity index (χ1) is 26.4. The smallest absolute Gasteiger partial charge is 0.258 e. The topological polar surface area (TPSA) is 117 Å². The van der Waals surface area contributed by atoms with Crippen LogP contribution in [0.5, 0.6) is 11.5 Å². The predicted molar refractivity (Wildman–Crippen MR) is 225 cm³/mol. The highest BCUT2D eigenvalue weighted by Gasteiger charge is 2.34. The minimum absolute atomic E-state index is 0.0165. The van der Waals surface area contributed by atoms with E-state index in [1.54, 1.807) is 36.0 Å². The van der Waals surface area contributed by atoms with E-state index in [9.17, 15) is 19.2 Å². The van der Waals surface area contributed by atoms with Crippen LogP contribution in [0.4, 0.5) is 0 Å². The SMILES string of the molecule is CC(C)[C@H]1C(=O)N[C@@H](C(C)C)C/C=C/C[C@@H](C)Oc2ccccc2C(=O)N1C.CC(C)[C@H]1C(=O)N[C@@H](C(C)C)C/C=C\C[C@@H](C)Oc2ccccc2C(=O)N1C. The summed E-state index contributed by atoms with van der Waals surface area (Å²) in [5.74, 6) is 1.05. The fourth-order valence-corrected chi connectivity index (χ4v) is 7.10. The van der Waals surface area contributed by atoms with Gasteiger partial charge in [0.25, 0.3) is 11.8 Å². The third-order valence-electron chi connectivity index (χ3n) is 10.5. The summed E-state index contributed by atoms with van der Waals surface area (Å²) < 4.78 is 12.1. The van der Waals surface area contributed by atoms with Crippen LogP contribution in [0.15, 0.2) is 72.8 Å². The van der Waals surface area contributed by atoms with Gasteiger partial charge in [-0.1, -0.05) is 104 Å². The van der Waals surface area contributed by atoms with Gasteiger partial charge in [-0.25, -0.2) is 0 Å². The lowest BCUT2D eigenvalue weighted by molar-refractivity contribution is -0.128. The number of carbonyl (C=O) groups is 4. The monoisotopic (exact) mass is 773 g/mol. The summed E-state index contributed by atoms with van der Waals surface area (Å²) in [5.41, 5.74) is 0.966. The van der Waals surface area contributed by atoms with Gasteiger partial charge in [-0.2, -0.15) is 0 Å². The minimum atomic E-state index is -0.550. The summed E-state index contributed by atoms with van der Waals surface area (Å²) in [6, 6.07) is 13.5. The number of hydrogen-bond acceptors (Lipinski definition) is 6. The molecule has 6 atom stereocenters. The maximum Gasteiger partial charge on any atom is 0.258 e. The predicted octanol–water partition coefficient (Wildman–Crippen LogP) is 8.08. The van der Waals surface area contributed by atoms with E-state index in [0.29, 0.717) is 34.5 Å². The van der Waals surface area contributed by atoms with Gasteiger partial charge in [-0.05, 0) is 74.6 Å². The fraction of sp³-hybridized carbons (Fsp3) is 0.565. The Morgan fingerprint density at radius 3 is 1.16 bits per heavy atom. The molecule has 4 amide bonds. The Bertz CT molecular complexity index is 1540. The van der Waals surface area contributed by atoms with Crippen LogP contribution in [0.3, 0.4) is 0 Å². The van der Waals surface area contributed by atoms with Crippen molar-refractivity contribution in [3.8, 4) is 11.5 Å². The molecule has 2 aromatic rings. The number of hydrogen-bond donors (Lipinski definition) is 2. The molecule has 0 aromatic heterocycles. The molecule has 2 aliphatic rings. The lowest BCUT2D eigenvalue weighted by atomic mass is 9.96. The van der Waals surface area contributed by atoms with E-state index >= 15 is 0 Å². The molecule has 0 unspecified atom stereocenters. The number of para-hydroxylation sites is 2. The molecule has 0 fully saturated rings. The van der Waals surface area contributed by atoms with Crippen molar-refractivity contribution in [3.05, 3.63) is 84.0 Å². The molecule has 0 saturated heterocycles. The normalized spacial score (nSPS) is 25.7. The number of benzene rings is 2. The van der Waals surface area contributed by atoms with Gasteiger partial charge in [-0.3, -0.25) is 19.2 Å². The molecule has 0 spiro atoms. The molecular weight excluding hydrogens is 705 g/mol. The van der Waals surface area contributed by atoms with Crippen LogP contribution >= 0.6 is 0 Å². The highest BCUT2D eigenvalue weighted by molar-refractivity contribution is 6.00. The van der Waals surface area contributed by atoms with Crippen LogP contribution in [0, 0.1) is 23.7 Å². The third-order valence-corrected chi connectivity index (χ3v) is 10.5. The van der Waals surface area contributed by atoms with Gasteiger partial charge < -0.3 is 29.9 Å². The number of amides is 4. The second kappa shape index (κ2) is 21.6. The molecule has 2 N–H and O–H groups in total. The zero-order valence-corrected chi connectivity index (χ0v) is 35.9. The first-order valence-electron chi connectivity index (χ1n) is 20.4. The number of rotatable bonds is 4. The summed E-state index contributed by atoms with van der Waals surface area (Å²) in [6.07, 6.45) is 11.3. The quantitative estimate of drug-likeness (QED) is 0.304. The fourth-order valence-electron chi connectivity index (χ4n) is 7.10. The van der Waals surface area contributed by atoms with Gasteiger partial charge in [-0.15, -0.1) is 0 Å². The van der Waals surface area contributed by atoms with E-state index in [1.807, 2.05) is 77.9 Å². The number of carbonyl (C=O) groups excluding carboxylic acids is 4. The summed E-state index contributed by atoms with van der Waals surface area (Å²) >= 11 is 0. The van der Waals surface area contributed by atoms with Gasteiger partial charge in [0.1, 0.15) is 23.6 Å². The number of nitrogens with zero attached hydrogens (tertiary/aromatic N) is 2. The van der Waals surface area contributed by atoms with Gasteiger partial charge in [0, 0.05) is 39.0 Å². The van der Waals surface area contributed by atoms with Crippen molar-refractivity contribution in [1.82, 2.24) is 20.4 Å². The van der Waals surface area contributed by atoms with Crippen molar-refractivity contribution >= 4 is 23.6 Å². The van der Waals surface area contributed by atoms with Crippen molar-refractivity contribution in [2.45, 2.75) is 131 Å². The molecule has 0 bridgehead atoms. The summed E-state index contributed by atoms with van der Waals surface area (Å²) in [7, 11) is 3.39. The van der Waals surface area contributed by atoms with Crippen molar-refractivity contribution in [2.24, 2.45) is 23.7 Å². The molecule has 10 nitrogen and oxygen atoms in total. The van der Waals surface area contributed by atoms with Crippen LogP contribution in [-0.2, 0) is 9.59 Å². The second-order valence-electron chi connectivity index (χ2n) is 16.7. The second-order valence-corrected chi connectivity index (χ2v) is 16.7. The van der Waals surface area contributed by atoms with Crippen LogP contribution < -0.4 is 20.1 Å². The molecule has 2 aromatic carbocycles. The zero-order chi connectivity index (χ0) is 41.7. The van der Waals surface area contributed by atoms with Crippen molar-refractivity contribution < 1.29 is 28.7 Å². The molecule has 10 heteroatoms. The first-order valence-corrected chi connectivity index (χ1v) is 20.4. The highest BCUT2D eigenvalue weighted by atomic mass is 16.5. The van der Waals surface area contributed by atoms with Gasteiger partial charge in [0.05, 0.1) is 23.3 Å². The zero-order valence-electron chi connectivity index (χ0n) is 35.9. The van der Waals surface area contributed by atoms with E-state index in [1.165, 1.54) is 0 Å². The molecular formula is C46H68N4O6. The van der Waals surface area contributed by atoms with Crippen molar-refractivity contribution in [1.29, 1.82) is 0 Å². The molecule has 0 aliphatic carbocycles. The van der Waals surface area contributed by atoms with E-state index in [2.05, 4.69) is 62.6 Å². The van der Waals surface area contributed by atoms with Crippen LogP contribution in [0.2, 0.25) is 0 Å². The average molecular weight is 773 g/mol. The minimum Gasteiger partial charge on any atom is -0.490 e. The standard InChI is InChI=1S/2C23H34N2O3/c2*1-15(2)19-13-9-7-11-17(5)28-20-14-10-8-12-18(20)23(27)25(6)21(16(3)4)22(26)24-19/h2*7-10,12,14-17,19,21H,11,13H2,1-6H3,(H,24,26)/b9-7+;9-7-/t2*17-,19-,21+/m11/s1. The van der Waals surface area contributed by atoms with E-state index in [-0.39, 0.29) is 59.8 Å². The molecule has 0 radical (unpaired) electrons. The Hall–Kier alpha value is -4.60. The van der Waals surface area contributed by atoms with Crippen LogP contribution in [0.1, 0.15) is 116 Å². The van der Waals surface area contributed by atoms with Gasteiger partial charge in [0.2, 0.25) is 11.8 Å². The van der Waals surface area contributed by atoms with Crippen molar-refractivity contribution in [2.75, 3.05) is 14.1 Å². The first kappa shape index (κ1) is 45.8. The van der Waals surface area contributed by atoms with Crippen molar-refractivity contribution in [3.63, 3.8) is 0 Å². The van der Waals surface area contributed by atoms with E-state index < -0.39 is 12.1 Å². The summed E-state index contributed by atoms with van der Waals surface area (Å²) in [6.45, 7) is 20.3. The largest absolute Gasteiger partial charge is 0.490 e. The maximum absolute atomic E-state index is 13.2. The maximum atomic E-state index is 13.2. The lowest BCUT2D eigenvalue weighted by Gasteiger charge is -2.33. The molecule has 308 valence electrons. The van der Waals surface area contributed by atoms with E-state index in [4.69, 9.17) is 9.47 Å². The molecule has 56 heavy (non-hydrogen) atoms. The molecule has 0 saturated carbocycles. The molecule has 4 rings (SSSR count). The Labute approximate surface area is 336 Å².